The minimum Gasteiger partial charge on any atom is -0.377 e. The summed E-state index contributed by atoms with van der Waals surface area (Å²) in [6, 6.07) is 0. The first-order valence-electron chi connectivity index (χ1n) is 6.17. The van der Waals surface area contributed by atoms with Crippen molar-refractivity contribution in [3.8, 4) is 0 Å². The molecule has 0 bridgehead atoms. The maximum absolute atomic E-state index is 11.7. The summed E-state index contributed by atoms with van der Waals surface area (Å²) >= 11 is 0. The van der Waals surface area contributed by atoms with E-state index in [1.807, 2.05) is 0 Å². The predicted octanol–water partition coefficient (Wildman–Crippen LogP) is -1.15. The van der Waals surface area contributed by atoms with Crippen LogP contribution in [0.25, 0.3) is 0 Å². The topological polar surface area (TPSA) is 81.9 Å². The van der Waals surface area contributed by atoms with Crippen LogP contribution < -0.4 is 5.73 Å². The second kappa shape index (κ2) is 5.05. The largest absolute Gasteiger partial charge is 0.377 e. The molecule has 7 heteroatoms. The molecule has 2 aliphatic rings. The lowest BCUT2D eigenvalue weighted by molar-refractivity contribution is -0.00461. The van der Waals surface area contributed by atoms with Gasteiger partial charge in [0.2, 0.25) is 0 Å². The van der Waals surface area contributed by atoms with Crippen molar-refractivity contribution in [3.63, 3.8) is 0 Å². The Kier molecular flexibility index (Phi) is 3.99. The fraction of sp³-hybridized carbons (Fsp3) is 1.00. The zero-order chi connectivity index (χ0) is 13.4. The van der Waals surface area contributed by atoms with E-state index in [9.17, 15) is 8.42 Å². The molecule has 2 rings (SSSR count). The summed E-state index contributed by atoms with van der Waals surface area (Å²) < 4.78 is 34.2. The third-order valence-corrected chi connectivity index (χ3v) is 6.04. The van der Waals surface area contributed by atoms with Crippen LogP contribution in [0.3, 0.4) is 0 Å². The van der Waals surface area contributed by atoms with Crippen LogP contribution >= 0.6 is 0 Å². The normalized spacial score (nSPS) is 40.4. The van der Waals surface area contributed by atoms with Gasteiger partial charge in [0.15, 0.2) is 9.84 Å². The number of hydrogen-bond acceptors (Lipinski definition) is 6. The van der Waals surface area contributed by atoms with Crippen LogP contribution in [0.4, 0.5) is 0 Å². The summed E-state index contributed by atoms with van der Waals surface area (Å²) in [5.74, 6) is 0.388. The minimum absolute atomic E-state index is 0.0123. The van der Waals surface area contributed by atoms with Crippen LogP contribution in [0.15, 0.2) is 0 Å². The van der Waals surface area contributed by atoms with Crippen molar-refractivity contribution in [2.75, 3.05) is 45.4 Å². The summed E-state index contributed by atoms with van der Waals surface area (Å²) in [4.78, 5) is 2.14. The van der Waals surface area contributed by atoms with Crippen LogP contribution in [-0.4, -0.2) is 76.4 Å². The third-order valence-electron chi connectivity index (χ3n) is 4.24. The Bertz CT molecular complexity index is 388. The molecule has 0 saturated carbocycles. The molecule has 0 aromatic rings. The molecule has 0 amide bonds. The van der Waals surface area contributed by atoms with Crippen molar-refractivity contribution in [1.29, 1.82) is 0 Å². The van der Waals surface area contributed by atoms with Gasteiger partial charge >= 0.3 is 0 Å². The second-order valence-electron chi connectivity index (χ2n) is 5.22. The van der Waals surface area contributed by atoms with Crippen LogP contribution in [0.5, 0.6) is 0 Å². The van der Waals surface area contributed by atoms with E-state index >= 15 is 0 Å². The van der Waals surface area contributed by atoms with Gasteiger partial charge in [0.1, 0.15) is 0 Å². The van der Waals surface area contributed by atoms with E-state index in [2.05, 4.69) is 4.90 Å². The Hall–Kier alpha value is -0.210. The second-order valence-corrected chi connectivity index (χ2v) is 7.41. The van der Waals surface area contributed by atoms with Gasteiger partial charge in [0.25, 0.3) is 0 Å². The van der Waals surface area contributed by atoms with Gasteiger partial charge in [-0.25, -0.2) is 8.42 Å². The smallest absolute Gasteiger partial charge is 0.152 e. The van der Waals surface area contributed by atoms with Crippen molar-refractivity contribution in [1.82, 2.24) is 4.90 Å². The van der Waals surface area contributed by atoms with E-state index in [4.69, 9.17) is 15.2 Å². The zero-order valence-electron chi connectivity index (χ0n) is 11.0. The van der Waals surface area contributed by atoms with Gasteiger partial charge in [-0.3, -0.25) is 4.90 Å². The molecule has 0 spiro atoms. The van der Waals surface area contributed by atoms with Crippen molar-refractivity contribution >= 4 is 9.84 Å². The first kappa shape index (κ1) is 14.2. The Labute approximate surface area is 108 Å². The summed E-state index contributed by atoms with van der Waals surface area (Å²) in [6.45, 7) is 1.72. The number of nitrogens with zero attached hydrogens (tertiary/aromatic N) is 1. The summed E-state index contributed by atoms with van der Waals surface area (Å²) in [5, 5.41) is 0. The van der Waals surface area contributed by atoms with Gasteiger partial charge in [-0.2, -0.15) is 0 Å². The summed E-state index contributed by atoms with van der Waals surface area (Å²) in [7, 11) is 0.352. The molecular formula is C11H22N2O4S. The highest BCUT2D eigenvalue weighted by atomic mass is 32.2. The lowest BCUT2D eigenvalue weighted by atomic mass is 9.97. The first-order chi connectivity index (χ1) is 8.46. The lowest BCUT2D eigenvalue weighted by Gasteiger charge is -2.36. The Morgan fingerprint density at radius 3 is 2.17 bits per heavy atom. The molecule has 2 heterocycles. The first-order valence-corrected chi connectivity index (χ1v) is 7.99. The van der Waals surface area contributed by atoms with Crippen molar-refractivity contribution < 1.29 is 17.9 Å². The molecule has 0 radical (unpaired) electrons. The molecule has 0 aliphatic carbocycles. The highest BCUT2D eigenvalue weighted by Crippen LogP contribution is 2.33. The highest BCUT2D eigenvalue weighted by Gasteiger charge is 2.50. The van der Waals surface area contributed by atoms with Gasteiger partial charge in [-0.05, 0) is 6.42 Å². The number of sulfone groups is 1. The molecule has 18 heavy (non-hydrogen) atoms. The van der Waals surface area contributed by atoms with Crippen molar-refractivity contribution in [2.24, 2.45) is 5.73 Å². The van der Waals surface area contributed by atoms with Crippen LogP contribution in [0.1, 0.15) is 6.42 Å². The van der Waals surface area contributed by atoms with Crippen LogP contribution in [0, 0.1) is 0 Å². The average Bonchev–Trinajstić information content (AvgIpc) is 2.90. The van der Waals surface area contributed by atoms with Crippen LogP contribution in [-0.2, 0) is 19.3 Å². The molecule has 2 saturated heterocycles. The molecule has 0 aromatic carbocycles. The van der Waals surface area contributed by atoms with Crippen molar-refractivity contribution in [3.05, 3.63) is 0 Å². The Balaban J connectivity index is 2.16. The molecule has 2 N–H and O–H groups in total. The third kappa shape index (κ3) is 2.42. The van der Waals surface area contributed by atoms with Gasteiger partial charge in [-0.15, -0.1) is 0 Å². The maximum atomic E-state index is 11.7. The number of methoxy groups -OCH3 is 2. The number of hydrogen-bond donors (Lipinski definition) is 1. The van der Waals surface area contributed by atoms with E-state index in [0.717, 1.165) is 0 Å². The quantitative estimate of drug-likeness (QED) is 0.699. The highest BCUT2D eigenvalue weighted by molar-refractivity contribution is 7.91. The van der Waals surface area contributed by atoms with E-state index in [1.165, 1.54) is 0 Å². The fourth-order valence-corrected chi connectivity index (χ4v) is 5.12. The summed E-state index contributed by atoms with van der Waals surface area (Å²) in [6.07, 6.45) is 0.585. The van der Waals surface area contributed by atoms with Crippen LogP contribution in [0.2, 0.25) is 0 Å². The number of rotatable bonds is 4. The average molecular weight is 278 g/mol. The van der Waals surface area contributed by atoms with Gasteiger partial charge in [0, 0.05) is 39.4 Å². The molecule has 3 unspecified atom stereocenters. The van der Waals surface area contributed by atoms with E-state index in [-0.39, 0.29) is 23.7 Å². The molecule has 3 atom stereocenters. The molecule has 2 aliphatic heterocycles. The monoisotopic (exact) mass is 278 g/mol. The van der Waals surface area contributed by atoms with Gasteiger partial charge < -0.3 is 15.2 Å². The number of likely N-dealkylation sites (tertiary alicyclic amines) is 1. The van der Waals surface area contributed by atoms with Gasteiger partial charge in [-0.1, -0.05) is 0 Å². The Morgan fingerprint density at radius 1 is 1.28 bits per heavy atom. The fourth-order valence-electron chi connectivity index (χ4n) is 3.02. The molecule has 106 valence electrons. The summed E-state index contributed by atoms with van der Waals surface area (Å²) in [5.41, 5.74) is 5.43. The molecule has 0 aromatic heterocycles. The van der Waals surface area contributed by atoms with E-state index in [1.54, 1.807) is 14.2 Å². The predicted molar refractivity (Wildman–Crippen MR) is 68.2 cm³/mol. The van der Waals surface area contributed by atoms with E-state index in [0.29, 0.717) is 26.1 Å². The van der Waals surface area contributed by atoms with Crippen molar-refractivity contribution in [2.45, 2.75) is 24.2 Å². The SMILES string of the molecule is COC1CN(C2(CN)CCS(=O)(=O)C2)CC1OC. The van der Waals surface area contributed by atoms with Gasteiger partial charge in [0.05, 0.1) is 23.7 Å². The van der Waals surface area contributed by atoms with E-state index < -0.39 is 15.4 Å². The Morgan fingerprint density at radius 2 is 1.83 bits per heavy atom. The lowest BCUT2D eigenvalue weighted by Crippen LogP contribution is -2.54. The zero-order valence-corrected chi connectivity index (χ0v) is 11.8. The number of ether oxygens (including phenoxy) is 2. The molecule has 2 fully saturated rings. The number of nitrogens with two attached hydrogens (primary N) is 1. The standard InChI is InChI=1S/C11H22N2O4S/c1-16-9-5-13(6-10(9)17-2)11(7-12)3-4-18(14,15)8-11/h9-10H,3-8,12H2,1-2H3. The molecule has 6 nitrogen and oxygen atoms in total. The minimum atomic E-state index is -2.96. The maximum Gasteiger partial charge on any atom is 0.152 e. The molecular weight excluding hydrogens is 256 g/mol.